The average molecular weight is 323 g/mol. The van der Waals surface area contributed by atoms with Gasteiger partial charge in [-0.25, -0.2) is 4.79 Å². The van der Waals surface area contributed by atoms with Crippen LogP contribution in [0.4, 0.5) is 16.2 Å². The van der Waals surface area contributed by atoms with Gasteiger partial charge in [0.1, 0.15) is 5.75 Å². The molecule has 4 N–H and O–H groups in total. The molecular weight excluding hydrogens is 310 g/mol. The molecule has 0 fully saturated rings. The molecule has 3 aromatic carbocycles. The van der Waals surface area contributed by atoms with Crippen molar-refractivity contribution in [1.82, 2.24) is 0 Å². The zero-order valence-corrected chi connectivity index (χ0v) is 12.4. The van der Waals surface area contributed by atoms with Crippen LogP contribution in [0, 0.1) is 10.1 Å². The first-order chi connectivity index (χ1) is 11.5. The van der Waals surface area contributed by atoms with Crippen LogP contribution in [0.5, 0.6) is 5.75 Å². The van der Waals surface area contributed by atoms with Gasteiger partial charge >= 0.3 is 6.03 Å². The van der Waals surface area contributed by atoms with Crippen LogP contribution in [0.15, 0.2) is 54.6 Å². The van der Waals surface area contributed by atoms with Gasteiger partial charge in [-0.15, -0.1) is 0 Å². The van der Waals surface area contributed by atoms with Gasteiger partial charge in [-0.1, -0.05) is 36.4 Å². The topological polar surface area (TPSA) is 118 Å². The van der Waals surface area contributed by atoms with E-state index in [1.54, 1.807) is 6.07 Å². The van der Waals surface area contributed by atoms with Crippen LogP contribution in [0.25, 0.3) is 21.9 Å². The molecule has 0 saturated carbocycles. The molecule has 0 bridgehead atoms. The quantitative estimate of drug-likeness (QED) is 0.387. The van der Waals surface area contributed by atoms with Gasteiger partial charge in [-0.2, -0.15) is 0 Å². The number of nitrogens with zero attached hydrogens (tertiary/aromatic N) is 1. The summed E-state index contributed by atoms with van der Waals surface area (Å²) in [5, 5.41) is 25.4. The van der Waals surface area contributed by atoms with Crippen LogP contribution in [-0.2, 0) is 0 Å². The third kappa shape index (κ3) is 2.82. The second-order valence-electron chi connectivity index (χ2n) is 5.20. The van der Waals surface area contributed by atoms with E-state index >= 15 is 0 Å². The molecule has 0 heterocycles. The number of anilines is 1. The maximum atomic E-state index is 11.2. The molecule has 0 atom stereocenters. The first-order valence-corrected chi connectivity index (χ1v) is 7.03. The van der Waals surface area contributed by atoms with E-state index in [1.807, 2.05) is 36.4 Å². The number of aromatic hydroxyl groups is 1. The summed E-state index contributed by atoms with van der Waals surface area (Å²) in [5.41, 5.74) is 5.80. The third-order valence-electron chi connectivity index (χ3n) is 3.62. The Morgan fingerprint density at radius 3 is 2.46 bits per heavy atom. The molecule has 0 aromatic heterocycles. The van der Waals surface area contributed by atoms with E-state index in [1.165, 1.54) is 6.07 Å². The molecule has 120 valence electrons. The molecule has 0 radical (unpaired) electrons. The predicted octanol–water partition coefficient (Wildman–Crippen LogP) is 3.61. The van der Waals surface area contributed by atoms with Crippen molar-refractivity contribution in [2.24, 2.45) is 5.73 Å². The van der Waals surface area contributed by atoms with Gasteiger partial charge in [0.05, 0.1) is 16.7 Å². The summed E-state index contributed by atoms with van der Waals surface area (Å²) < 4.78 is 0. The summed E-state index contributed by atoms with van der Waals surface area (Å²) in [6.07, 6.45) is 0. The molecular formula is C17H13N3O4. The maximum Gasteiger partial charge on any atom is 0.316 e. The highest BCUT2D eigenvalue weighted by molar-refractivity contribution is 5.98. The van der Waals surface area contributed by atoms with Gasteiger partial charge < -0.3 is 16.2 Å². The van der Waals surface area contributed by atoms with E-state index in [4.69, 9.17) is 5.73 Å². The first kappa shape index (κ1) is 15.3. The third-order valence-corrected chi connectivity index (χ3v) is 3.62. The number of nitro groups is 1. The number of phenols is 1. The fourth-order valence-corrected chi connectivity index (χ4v) is 2.56. The van der Waals surface area contributed by atoms with Crippen molar-refractivity contribution in [3.63, 3.8) is 0 Å². The fourth-order valence-electron chi connectivity index (χ4n) is 2.56. The number of nitrogens with one attached hydrogen (secondary N) is 1. The molecule has 0 aliphatic rings. The van der Waals surface area contributed by atoms with E-state index in [0.29, 0.717) is 11.1 Å². The van der Waals surface area contributed by atoms with E-state index < -0.39 is 16.7 Å². The van der Waals surface area contributed by atoms with Crippen molar-refractivity contribution in [3.05, 3.63) is 64.7 Å². The Hall–Kier alpha value is -3.61. The van der Waals surface area contributed by atoms with Crippen LogP contribution in [0.1, 0.15) is 0 Å². The summed E-state index contributed by atoms with van der Waals surface area (Å²) in [7, 11) is 0. The highest BCUT2D eigenvalue weighted by atomic mass is 16.6. The van der Waals surface area contributed by atoms with Gasteiger partial charge in [0.15, 0.2) is 0 Å². The van der Waals surface area contributed by atoms with Crippen LogP contribution >= 0.6 is 0 Å². The summed E-state index contributed by atoms with van der Waals surface area (Å²) in [6, 6.07) is 14.4. The predicted molar refractivity (Wildman–Crippen MR) is 90.9 cm³/mol. The number of carbonyl (C=O) groups excluding carboxylic acids is 1. The molecule has 0 aliphatic heterocycles. The molecule has 0 unspecified atom stereocenters. The van der Waals surface area contributed by atoms with Crippen molar-refractivity contribution >= 4 is 28.2 Å². The van der Waals surface area contributed by atoms with Crippen LogP contribution < -0.4 is 11.1 Å². The van der Waals surface area contributed by atoms with Crippen LogP contribution in [0.2, 0.25) is 0 Å². The Bertz CT molecular complexity index is 969. The van der Waals surface area contributed by atoms with Crippen molar-refractivity contribution < 1.29 is 14.8 Å². The lowest BCUT2D eigenvalue weighted by atomic mass is 9.99. The number of rotatable bonds is 3. The highest BCUT2D eigenvalue weighted by Gasteiger charge is 2.18. The van der Waals surface area contributed by atoms with E-state index in [2.05, 4.69) is 5.32 Å². The molecule has 24 heavy (non-hydrogen) atoms. The van der Waals surface area contributed by atoms with Gasteiger partial charge in [-0.3, -0.25) is 10.1 Å². The first-order valence-electron chi connectivity index (χ1n) is 7.03. The number of carbonyl (C=O) groups is 1. The normalized spacial score (nSPS) is 10.5. The molecule has 3 aromatic rings. The largest absolute Gasteiger partial charge is 0.505 e. The van der Waals surface area contributed by atoms with Crippen molar-refractivity contribution in [1.29, 1.82) is 0 Å². The molecule has 0 spiro atoms. The second kappa shape index (κ2) is 5.88. The number of primary amides is 1. The van der Waals surface area contributed by atoms with Crippen molar-refractivity contribution in [2.75, 3.05) is 5.32 Å². The van der Waals surface area contributed by atoms with Crippen molar-refractivity contribution in [2.45, 2.75) is 0 Å². The number of phenolic OH excluding ortho intramolecular Hbond substituents is 1. The van der Waals surface area contributed by atoms with E-state index in [-0.39, 0.29) is 11.4 Å². The van der Waals surface area contributed by atoms with Crippen LogP contribution in [-0.4, -0.2) is 16.1 Å². The maximum absolute atomic E-state index is 11.2. The number of nitro benzene ring substituents is 1. The van der Waals surface area contributed by atoms with E-state index in [9.17, 15) is 20.0 Å². The van der Waals surface area contributed by atoms with E-state index in [0.717, 1.165) is 16.8 Å². The molecule has 7 heteroatoms. The van der Waals surface area contributed by atoms with Gasteiger partial charge in [0.2, 0.25) is 0 Å². The molecule has 7 nitrogen and oxygen atoms in total. The number of urea groups is 1. The lowest BCUT2D eigenvalue weighted by Crippen LogP contribution is -2.19. The summed E-state index contributed by atoms with van der Waals surface area (Å²) in [5.74, 6) is -0.425. The SMILES string of the molecule is NC(=O)Nc1c(O)cc([N+](=O)[O-])cc1-c1ccc2ccccc2c1. The number of nitrogens with two attached hydrogens (primary N) is 1. The molecule has 0 saturated heterocycles. The Kier molecular flexibility index (Phi) is 3.75. The van der Waals surface area contributed by atoms with Gasteiger partial charge in [0.25, 0.3) is 5.69 Å². The highest BCUT2D eigenvalue weighted by Crippen LogP contribution is 2.39. The standard InChI is InChI=1S/C17H13N3O4/c18-17(22)19-16-14(8-13(20(23)24)9-15(16)21)12-6-5-10-3-1-2-4-11(10)7-12/h1-9,21H,(H3,18,19,22). The summed E-state index contributed by atoms with van der Waals surface area (Å²) >= 11 is 0. The minimum atomic E-state index is -0.874. The Balaban J connectivity index is 2.25. The Labute approximate surface area is 136 Å². The van der Waals surface area contributed by atoms with Gasteiger partial charge in [-0.05, 0) is 22.4 Å². The molecule has 3 rings (SSSR count). The van der Waals surface area contributed by atoms with Crippen LogP contribution in [0.3, 0.4) is 0 Å². The number of benzene rings is 3. The lowest BCUT2D eigenvalue weighted by molar-refractivity contribution is -0.384. The number of hydrogen-bond acceptors (Lipinski definition) is 4. The fraction of sp³-hybridized carbons (Fsp3) is 0. The Morgan fingerprint density at radius 1 is 1.08 bits per heavy atom. The number of amides is 2. The minimum absolute atomic E-state index is 0.0309. The number of fused-ring (bicyclic) bond motifs is 1. The number of non-ortho nitro benzene ring substituents is 1. The van der Waals surface area contributed by atoms with Gasteiger partial charge in [0, 0.05) is 11.6 Å². The Morgan fingerprint density at radius 2 is 1.79 bits per heavy atom. The summed E-state index contributed by atoms with van der Waals surface area (Å²) in [4.78, 5) is 21.7. The lowest BCUT2D eigenvalue weighted by Gasteiger charge is -2.12. The monoisotopic (exact) mass is 323 g/mol. The molecule has 0 aliphatic carbocycles. The minimum Gasteiger partial charge on any atom is -0.505 e. The zero-order valence-electron chi connectivity index (χ0n) is 12.4. The average Bonchev–Trinajstić information content (AvgIpc) is 2.55. The summed E-state index contributed by atoms with van der Waals surface area (Å²) in [6.45, 7) is 0. The second-order valence-corrected chi connectivity index (χ2v) is 5.20. The number of hydrogen-bond donors (Lipinski definition) is 3. The zero-order chi connectivity index (χ0) is 17.3. The molecule has 2 amide bonds. The smallest absolute Gasteiger partial charge is 0.316 e. The van der Waals surface area contributed by atoms with Crippen molar-refractivity contribution in [3.8, 4) is 16.9 Å².